The van der Waals surface area contributed by atoms with Crippen LogP contribution in [0.2, 0.25) is 0 Å². The Morgan fingerprint density at radius 3 is 2.16 bits per heavy atom. The number of likely N-dealkylation sites (N-methyl/N-ethyl adjacent to an activating group) is 1. The normalized spacial score (nSPS) is 16.9. The number of likely N-dealkylation sites (tertiary alicyclic amines) is 1. The van der Waals surface area contributed by atoms with E-state index in [4.69, 9.17) is 23.2 Å². The van der Waals surface area contributed by atoms with Gasteiger partial charge in [-0.1, -0.05) is 71.7 Å². The van der Waals surface area contributed by atoms with E-state index >= 15 is 0 Å². The van der Waals surface area contributed by atoms with Crippen LogP contribution < -0.4 is 5.32 Å². The SMILES string of the molecule is CN(C)C1CN(Cc2ccc(-c3ccc([C@H](O)[C@@H](CF)NC(=O)C(Cl)Cl)cc3)cc2)C1. The quantitative estimate of drug-likeness (QED) is 0.555. The summed E-state index contributed by atoms with van der Waals surface area (Å²) in [4.78, 5) is 15.0. The highest BCUT2D eigenvalue weighted by atomic mass is 35.5. The van der Waals surface area contributed by atoms with Gasteiger partial charge in [-0.3, -0.25) is 9.69 Å². The lowest BCUT2D eigenvalue weighted by molar-refractivity contribution is -0.121. The highest BCUT2D eigenvalue weighted by molar-refractivity contribution is 6.53. The summed E-state index contributed by atoms with van der Waals surface area (Å²) in [5, 5.41) is 12.7. The van der Waals surface area contributed by atoms with E-state index in [0.29, 0.717) is 11.6 Å². The van der Waals surface area contributed by atoms with Gasteiger partial charge in [-0.15, -0.1) is 0 Å². The number of hydrogen-bond donors (Lipinski definition) is 2. The molecule has 0 aromatic heterocycles. The highest BCUT2D eigenvalue weighted by Gasteiger charge is 2.28. The maximum absolute atomic E-state index is 13.3. The molecule has 0 aliphatic carbocycles. The topological polar surface area (TPSA) is 55.8 Å². The number of benzene rings is 2. The molecule has 0 unspecified atom stereocenters. The van der Waals surface area contributed by atoms with E-state index in [1.54, 1.807) is 12.1 Å². The number of nitrogens with one attached hydrogen (secondary N) is 1. The van der Waals surface area contributed by atoms with Crippen LogP contribution >= 0.6 is 23.2 Å². The number of halogens is 3. The molecule has 2 N–H and O–H groups in total. The van der Waals surface area contributed by atoms with Crippen LogP contribution in [0.3, 0.4) is 0 Å². The summed E-state index contributed by atoms with van der Waals surface area (Å²) in [5.41, 5.74) is 3.81. The van der Waals surface area contributed by atoms with Gasteiger partial charge in [0.15, 0.2) is 4.84 Å². The maximum Gasteiger partial charge on any atom is 0.253 e. The minimum Gasteiger partial charge on any atom is -0.386 e. The number of carbonyl (C=O) groups is 1. The molecule has 5 nitrogen and oxygen atoms in total. The molecule has 31 heavy (non-hydrogen) atoms. The van der Waals surface area contributed by atoms with E-state index in [2.05, 4.69) is 53.5 Å². The summed E-state index contributed by atoms with van der Waals surface area (Å²) >= 11 is 11.0. The van der Waals surface area contributed by atoms with Crippen LogP contribution in [0.25, 0.3) is 11.1 Å². The lowest BCUT2D eigenvalue weighted by Crippen LogP contribution is -2.56. The van der Waals surface area contributed by atoms with Gasteiger partial charge in [0.1, 0.15) is 12.8 Å². The smallest absolute Gasteiger partial charge is 0.253 e. The van der Waals surface area contributed by atoms with Crippen LogP contribution in [0.1, 0.15) is 17.2 Å². The average molecular weight is 468 g/mol. The Kier molecular flexibility index (Phi) is 8.30. The van der Waals surface area contributed by atoms with Crippen molar-refractivity contribution in [3.05, 3.63) is 59.7 Å². The molecule has 0 radical (unpaired) electrons. The molecule has 8 heteroatoms. The molecule has 1 amide bonds. The van der Waals surface area contributed by atoms with Gasteiger partial charge in [-0.2, -0.15) is 0 Å². The molecule has 2 aromatic rings. The van der Waals surface area contributed by atoms with E-state index in [1.165, 1.54) is 5.56 Å². The molecule has 1 heterocycles. The average Bonchev–Trinajstić information content (AvgIpc) is 2.73. The molecule has 0 spiro atoms. The second-order valence-corrected chi connectivity index (χ2v) is 9.24. The van der Waals surface area contributed by atoms with E-state index in [0.717, 1.165) is 30.8 Å². The third-order valence-corrected chi connectivity index (χ3v) is 6.08. The minimum absolute atomic E-state index is 0.497. The number of hydrogen-bond acceptors (Lipinski definition) is 4. The fraction of sp³-hybridized carbons (Fsp3) is 0.435. The van der Waals surface area contributed by atoms with Crippen LogP contribution in [0, 0.1) is 0 Å². The van der Waals surface area contributed by atoms with Gasteiger partial charge in [0.25, 0.3) is 5.91 Å². The van der Waals surface area contributed by atoms with Crippen molar-refractivity contribution < 1.29 is 14.3 Å². The third kappa shape index (κ3) is 6.18. The van der Waals surface area contributed by atoms with Gasteiger partial charge in [0.05, 0.1) is 6.04 Å². The lowest BCUT2D eigenvalue weighted by Gasteiger charge is -2.42. The van der Waals surface area contributed by atoms with Gasteiger partial charge in [-0.25, -0.2) is 4.39 Å². The fourth-order valence-electron chi connectivity index (χ4n) is 3.61. The van der Waals surface area contributed by atoms with Crippen LogP contribution in [-0.4, -0.2) is 71.6 Å². The van der Waals surface area contributed by atoms with Crippen molar-refractivity contribution in [2.45, 2.75) is 29.6 Å². The predicted octanol–water partition coefficient (Wildman–Crippen LogP) is 3.39. The Balaban J connectivity index is 1.60. The second kappa shape index (κ2) is 10.7. The van der Waals surface area contributed by atoms with Crippen molar-refractivity contribution in [2.75, 3.05) is 33.9 Å². The fourth-order valence-corrected chi connectivity index (χ4v) is 3.74. The van der Waals surface area contributed by atoms with E-state index in [-0.39, 0.29) is 0 Å². The number of aliphatic hydroxyl groups is 1. The van der Waals surface area contributed by atoms with Gasteiger partial charge >= 0.3 is 0 Å². The number of rotatable bonds is 9. The van der Waals surface area contributed by atoms with Crippen LogP contribution in [0.5, 0.6) is 0 Å². The zero-order valence-electron chi connectivity index (χ0n) is 17.6. The summed E-state index contributed by atoms with van der Waals surface area (Å²) in [5.74, 6) is -0.739. The molecule has 2 aromatic carbocycles. The molecule has 0 bridgehead atoms. The minimum atomic E-state index is -1.32. The number of carbonyl (C=O) groups excluding carboxylic acids is 1. The Morgan fingerprint density at radius 2 is 1.68 bits per heavy atom. The van der Waals surface area contributed by atoms with Crippen molar-refractivity contribution in [2.24, 2.45) is 0 Å². The maximum atomic E-state index is 13.3. The van der Waals surface area contributed by atoms with Crippen LogP contribution in [0.4, 0.5) is 4.39 Å². The summed E-state index contributed by atoms with van der Waals surface area (Å²) < 4.78 is 13.3. The Bertz CT molecular complexity index is 856. The summed E-state index contributed by atoms with van der Waals surface area (Å²) in [6.07, 6.45) is -1.21. The zero-order chi connectivity index (χ0) is 22.5. The molecule has 0 saturated carbocycles. The summed E-state index contributed by atoms with van der Waals surface area (Å²) in [6.45, 7) is 2.19. The van der Waals surface area contributed by atoms with Crippen molar-refractivity contribution in [1.29, 1.82) is 0 Å². The Morgan fingerprint density at radius 1 is 1.13 bits per heavy atom. The molecule has 1 aliphatic heterocycles. The van der Waals surface area contributed by atoms with Crippen molar-refractivity contribution in [3.8, 4) is 11.1 Å². The second-order valence-electron chi connectivity index (χ2n) is 8.15. The summed E-state index contributed by atoms with van der Waals surface area (Å²) in [7, 11) is 4.23. The van der Waals surface area contributed by atoms with E-state index in [9.17, 15) is 14.3 Å². The first kappa shape index (κ1) is 24.0. The van der Waals surface area contributed by atoms with Gasteiger partial charge < -0.3 is 15.3 Å². The highest BCUT2D eigenvalue weighted by Crippen LogP contribution is 2.25. The lowest BCUT2D eigenvalue weighted by atomic mass is 9.98. The molecule has 2 atom stereocenters. The number of nitrogens with zero attached hydrogens (tertiary/aromatic N) is 2. The molecule has 168 valence electrons. The summed E-state index contributed by atoms with van der Waals surface area (Å²) in [6, 6.07) is 15.1. The monoisotopic (exact) mass is 467 g/mol. The van der Waals surface area contributed by atoms with Crippen molar-refractivity contribution in [3.63, 3.8) is 0 Å². The first-order valence-electron chi connectivity index (χ1n) is 10.2. The number of alkyl halides is 3. The van der Waals surface area contributed by atoms with Gasteiger partial charge in [-0.05, 0) is 36.3 Å². The molecule has 3 rings (SSSR count). The molecule has 1 fully saturated rings. The Hall–Kier alpha value is -1.70. The van der Waals surface area contributed by atoms with Gasteiger partial charge in [0.2, 0.25) is 0 Å². The molecule has 1 aliphatic rings. The van der Waals surface area contributed by atoms with Crippen LogP contribution in [-0.2, 0) is 11.3 Å². The van der Waals surface area contributed by atoms with Gasteiger partial charge in [0, 0.05) is 25.7 Å². The Labute approximate surface area is 192 Å². The standard InChI is InChI=1S/C23H28Cl2FN3O2/c1-28(2)19-13-29(14-19)12-15-3-5-16(6-4-15)17-7-9-18(10-8-17)21(30)20(11-26)27-23(31)22(24)25/h3-10,19-22,30H,11-14H2,1-2H3,(H,27,31)/t20-,21+/m1/s1. The zero-order valence-corrected chi connectivity index (χ0v) is 19.2. The predicted molar refractivity (Wildman–Crippen MR) is 123 cm³/mol. The molecular formula is C23H28Cl2FN3O2. The number of amides is 1. The first-order valence-corrected chi connectivity index (χ1v) is 11.1. The van der Waals surface area contributed by atoms with Crippen molar-refractivity contribution >= 4 is 29.1 Å². The largest absolute Gasteiger partial charge is 0.386 e. The number of aliphatic hydroxyl groups excluding tert-OH is 1. The third-order valence-electron chi connectivity index (χ3n) is 5.69. The van der Waals surface area contributed by atoms with E-state index < -0.39 is 29.6 Å². The van der Waals surface area contributed by atoms with Crippen LogP contribution in [0.15, 0.2) is 48.5 Å². The first-order chi connectivity index (χ1) is 14.8. The van der Waals surface area contributed by atoms with E-state index in [1.807, 2.05) is 12.1 Å². The molecule has 1 saturated heterocycles. The molecular weight excluding hydrogens is 440 g/mol. The van der Waals surface area contributed by atoms with Crippen molar-refractivity contribution in [1.82, 2.24) is 15.1 Å².